The highest BCUT2D eigenvalue weighted by molar-refractivity contribution is 7.91. The summed E-state index contributed by atoms with van der Waals surface area (Å²) in [5, 5.41) is 1.35. The van der Waals surface area contributed by atoms with Gasteiger partial charge in [-0.15, -0.1) is 11.3 Å². The molecule has 3 fully saturated rings. The summed E-state index contributed by atoms with van der Waals surface area (Å²) >= 11 is 1.45. The van der Waals surface area contributed by atoms with Gasteiger partial charge in [-0.25, -0.2) is 8.42 Å². The molecule has 4 heterocycles. The topological polar surface area (TPSA) is 84.0 Å². The van der Waals surface area contributed by atoms with Crippen LogP contribution in [-0.2, 0) is 24.2 Å². The third kappa shape index (κ3) is 3.97. The average molecular weight is 427 g/mol. The number of hydrogen-bond donors (Lipinski definition) is 0. The van der Waals surface area contributed by atoms with Crippen LogP contribution in [0.4, 0.5) is 0 Å². The van der Waals surface area contributed by atoms with Crippen molar-refractivity contribution >= 4 is 33.0 Å². The molecule has 0 bridgehead atoms. The first-order valence-electron chi connectivity index (χ1n) is 9.86. The van der Waals surface area contributed by atoms with Crippen molar-refractivity contribution in [1.82, 2.24) is 9.80 Å². The second-order valence-electron chi connectivity index (χ2n) is 7.78. The monoisotopic (exact) mass is 426 g/mol. The summed E-state index contributed by atoms with van der Waals surface area (Å²) in [4.78, 5) is 29.9. The highest BCUT2D eigenvalue weighted by atomic mass is 32.2. The quantitative estimate of drug-likeness (QED) is 0.731. The normalized spacial score (nSPS) is 29.1. The number of rotatable bonds is 3. The Morgan fingerprint density at radius 2 is 1.96 bits per heavy atom. The number of likely N-dealkylation sites (tertiary alicyclic amines) is 1. The van der Waals surface area contributed by atoms with Crippen molar-refractivity contribution in [3.63, 3.8) is 0 Å². The standard InChI is InChI=1S/C19H26N2O5S2/c22-18-12-14(13-21(18)15-4-8-26-9-5-15)19(23)20-6-3-17(16-2-1-10-27-16)28(24,25)11-7-20/h1-2,10,14-15,17H,3-9,11-13H2. The number of sulfone groups is 1. The fourth-order valence-electron chi connectivity index (χ4n) is 4.46. The van der Waals surface area contributed by atoms with Crippen LogP contribution in [-0.4, -0.2) is 74.7 Å². The van der Waals surface area contributed by atoms with Crippen molar-refractivity contribution in [1.29, 1.82) is 0 Å². The molecule has 2 atom stereocenters. The lowest BCUT2D eigenvalue weighted by Gasteiger charge is -2.31. The number of ether oxygens (including phenoxy) is 1. The molecule has 2 unspecified atom stereocenters. The molecule has 2 amide bonds. The molecule has 9 heteroatoms. The van der Waals surface area contributed by atoms with Crippen molar-refractivity contribution in [2.75, 3.05) is 38.6 Å². The van der Waals surface area contributed by atoms with Crippen molar-refractivity contribution in [3.8, 4) is 0 Å². The highest BCUT2D eigenvalue weighted by Gasteiger charge is 2.41. The molecule has 0 radical (unpaired) electrons. The van der Waals surface area contributed by atoms with Gasteiger partial charge in [0.1, 0.15) is 0 Å². The van der Waals surface area contributed by atoms with Crippen molar-refractivity contribution in [2.45, 2.75) is 37.0 Å². The zero-order chi connectivity index (χ0) is 19.7. The summed E-state index contributed by atoms with van der Waals surface area (Å²) in [6.07, 6.45) is 2.28. The van der Waals surface area contributed by atoms with Gasteiger partial charge in [0.15, 0.2) is 9.84 Å². The molecule has 1 aromatic heterocycles. The predicted molar refractivity (Wildman–Crippen MR) is 106 cm³/mol. The molecule has 154 valence electrons. The van der Waals surface area contributed by atoms with Gasteiger partial charge in [0.2, 0.25) is 11.8 Å². The van der Waals surface area contributed by atoms with Gasteiger partial charge in [0.25, 0.3) is 0 Å². The molecule has 3 aliphatic heterocycles. The van der Waals surface area contributed by atoms with Crippen molar-refractivity contribution < 1.29 is 22.7 Å². The second kappa shape index (κ2) is 8.12. The molecule has 0 spiro atoms. The first-order chi connectivity index (χ1) is 13.5. The van der Waals surface area contributed by atoms with Gasteiger partial charge < -0.3 is 14.5 Å². The Morgan fingerprint density at radius 1 is 1.18 bits per heavy atom. The lowest BCUT2D eigenvalue weighted by Crippen LogP contribution is -2.42. The van der Waals surface area contributed by atoms with Crippen LogP contribution in [0.25, 0.3) is 0 Å². The van der Waals surface area contributed by atoms with E-state index in [-0.39, 0.29) is 42.5 Å². The van der Waals surface area contributed by atoms with Crippen LogP contribution in [0.2, 0.25) is 0 Å². The minimum Gasteiger partial charge on any atom is -0.381 e. The maximum atomic E-state index is 13.1. The number of carbonyl (C=O) groups excluding carboxylic acids is 2. The molecule has 28 heavy (non-hydrogen) atoms. The first-order valence-corrected chi connectivity index (χ1v) is 12.5. The van der Waals surface area contributed by atoms with E-state index in [9.17, 15) is 18.0 Å². The Labute approximate surface area is 169 Å². The summed E-state index contributed by atoms with van der Waals surface area (Å²) < 4.78 is 30.8. The van der Waals surface area contributed by atoms with Gasteiger partial charge >= 0.3 is 0 Å². The van der Waals surface area contributed by atoms with Crippen LogP contribution in [0.3, 0.4) is 0 Å². The van der Waals surface area contributed by atoms with E-state index in [0.717, 1.165) is 17.7 Å². The fraction of sp³-hybridized carbons (Fsp3) is 0.684. The minimum absolute atomic E-state index is 0.0222. The van der Waals surface area contributed by atoms with Crippen LogP contribution >= 0.6 is 11.3 Å². The van der Waals surface area contributed by atoms with Gasteiger partial charge in [0, 0.05) is 50.2 Å². The molecule has 1 aromatic rings. The van der Waals surface area contributed by atoms with Crippen LogP contribution < -0.4 is 0 Å². The van der Waals surface area contributed by atoms with E-state index in [0.29, 0.717) is 32.7 Å². The van der Waals surface area contributed by atoms with Gasteiger partial charge in [-0.2, -0.15) is 0 Å². The second-order valence-corrected chi connectivity index (χ2v) is 11.1. The first kappa shape index (κ1) is 19.8. The van der Waals surface area contributed by atoms with Crippen molar-refractivity contribution in [3.05, 3.63) is 22.4 Å². The van der Waals surface area contributed by atoms with Crippen molar-refractivity contribution in [2.24, 2.45) is 5.92 Å². The number of hydrogen-bond acceptors (Lipinski definition) is 6. The highest BCUT2D eigenvalue weighted by Crippen LogP contribution is 2.33. The van der Waals surface area contributed by atoms with E-state index in [1.807, 2.05) is 22.4 Å². The van der Waals surface area contributed by atoms with Crippen LogP contribution in [0.15, 0.2) is 17.5 Å². The number of nitrogens with zero attached hydrogens (tertiary/aromatic N) is 2. The summed E-state index contributed by atoms with van der Waals surface area (Å²) in [6, 6.07) is 3.87. The maximum absolute atomic E-state index is 13.1. The zero-order valence-electron chi connectivity index (χ0n) is 15.8. The minimum atomic E-state index is -3.29. The summed E-state index contributed by atoms with van der Waals surface area (Å²) in [5.41, 5.74) is 0. The number of carbonyl (C=O) groups is 2. The number of thiophene rings is 1. The van der Waals surface area contributed by atoms with E-state index in [4.69, 9.17) is 4.74 Å². The van der Waals surface area contributed by atoms with Gasteiger partial charge in [-0.3, -0.25) is 9.59 Å². The van der Waals surface area contributed by atoms with Gasteiger partial charge in [-0.05, 0) is 30.7 Å². The third-order valence-electron chi connectivity index (χ3n) is 6.05. The molecule has 0 N–H and O–H groups in total. The molecule has 3 aliphatic rings. The Morgan fingerprint density at radius 3 is 2.68 bits per heavy atom. The van der Waals surface area contributed by atoms with Crippen LogP contribution in [0, 0.1) is 5.92 Å². The molecule has 4 rings (SSSR count). The lowest BCUT2D eigenvalue weighted by molar-refractivity contribution is -0.135. The van der Waals surface area contributed by atoms with E-state index >= 15 is 0 Å². The molecule has 3 saturated heterocycles. The van der Waals surface area contributed by atoms with Gasteiger partial charge in [-0.1, -0.05) is 6.07 Å². The Hall–Kier alpha value is -1.45. The SMILES string of the molecule is O=C(C1CC(=O)N(C2CCOCC2)C1)N1CCC(c2cccs2)S(=O)(=O)CC1. The predicted octanol–water partition coefficient (Wildman–Crippen LogP) is 1.46. The van der Waals surface area contributed by atoms with E-state index in [1.165, 1.54) is 11.3 Å². The lowest BCUT2D eigenvalue weighted by atomic mass is 10.1. The number of amides is 2. The largest absolute Gasteiger partial charge is 0.381 e. The molecular weight excluding hydrogens is 400 g/mol. The van der Waals surface area contributed by atoms with Gasteiger partial charge in [0.05, 0.1) is 16.9 Å². The Balaban J connectivity index is 1.42. The summed E-state index contributed by atoms with van der Waals surface area (Å²) in [5.74, 6) is -0.434. The molecule has 7 nitrogen and oxygen atoms in total. The van der Waals surface area contributed by atoms with E-state index in [1.54, 1.807) is 4.90 Å². The molecule has 0 aromatic carbocycles. The fourth-order valence-corrected chi connectivity index (χ4v) is 7.47. The molecule has 0 aliphatic carbocycles. The maximum Gasteiger partial charge on any atom is 0.228 e. The van der Waals surface area contributed by atoms with E-state index in [2.05, 4.69) is 0 Å². The summed E-state index contributed by atoms with van der Waals surface area (Å²) in [6.45, 7) is 2.38. The zero-order valence-corrected chi connectivity index (χ0v) is 17.4. The van der Waals surface area contributed by atoms with Crippen LogP contribution in [0.5, 0.6) is 0 Å². The average Bonchev–Trinajstić information content (AvgIpc) is 3.31. The molecule has 0 saturated carbocycles. The third-order valence-corrected chi connectivity index (χ3v) is 9.30. The van der Waals surface area contributed by atoms with E-state index < -0.39 is 15.1 Å². The van der Waals surface area contributed by atoms with Crippen LogP contribution in [0.1, 0.15) is 35.8 Å². The molecular formula is C19H26N2O5S2. The Kier molecular flexibility index (Phi) is 5.76. The summed E-state index contributed by atoms with van der Waals surface area (Å²) in [7, 11) is -3.29. The smallest absolute Gasteiger partial charge is 0.228 e. The Bertz CT molecular complexity index is 817.